The van der Waals surface area contributed by atoms with Crippen LogP contribution in [-0.2, 0) is 14.9 Å². The fourth-order valence-electron chi connectivity index (χ4n) is 5.08. The van der Waals surface area contributed by atoms with Crippen LogP contribution < -0.4 is 5.73 Å². The van der Waals surface area contributed by atoms with Crippen molar-refractivity contribution < 1.29 is 9.47 Å². The minimum absolute atomic E-state index is 0.117. The van der Waals surface area contributed by atoms with Crippen LogP contribution in [0.4, 0.5) is 0 Å². The number of aryl methyl sites for hydroxylation is 1. The van der Waals surface area contributed by atoms with Gasteiger partial charge < -0.3 is 15.2 Å². The molecule has 2 N–H and O–H groups in total. The van der Waals surface area contributed by atoms with Crippen LogP contribution in [0.5, 0.6) is 0 Å². The van der Waals surface area contributed by atoms with Gasteiger partial charge in [-0.1, -0.05) is 36.8 Å². The van der Waals surface area contributed by atoms with Gasteiger partial charge in [0.15, 0.2) is 10.8 Å². The quantitative estimate of drug-likeness (QED) is 0.793. The molecule has 1 aromatic rings. The van der Waals surface area contributed by atoms with Crippen LogP contribution in [-0.4, -0.2) is 25.0 Å². The molecule has 0 amide bonds. The van der Waals surface area contributed by atoms with Gasteiger partial charge in [0.25, 0.3) is 5.91 Å². The van der Waals surface area contributed by atoms with Crippen LogP contribution >= 0.6 is 0 Å². The number of nitrogens with two attached hydrogens (primary N) is 1. The summed E-state index contributed by atoms with van der Waals surface area (Å²) in [7, 11) is 0. The lowest BCUT2D eigenvalue weighted by molar-refractivity contribution is -0.258. The molecular formula is C20H24N4O2. The predicted octanol–water partition coefficient (Wildman–Crippen LogP) is 2.77. The Bertz CT molecular complexity index is 829. The van der Waals surface area contributed by atoms with Crippen molar-refractivity contribution in [2.45, 2.75) is 45.4 Å². The number of hydrogen-bond acceptors (Lipinski definition) is 6. The van der Waals surface area contributed by atoms with Gasteiger partial charge in [-0.05, 0) is 32.8 Å². The Morgan fingerprint density at radius 3 is 2.04 bits per heavy atom. The number of hydrogen-bond donors (Lipinski definition) is 1. The number of aliphatic imine (C=N–C) groups is 1. The average molecular weight is 352 g/mol. The number of nitrogens with zero attached hydrogens (tertiary/aromatic N) is 3. The van der Waals surface area contributed by atoms with E-state index in [2.05, 4.69) is 17.1 Å². The molecule has 0 bridgehead atoms. The third-order valence-electron chi connectivity index (χ3n) is 6.00. The summed E-state index contributed by atoms with van der Waals surface area (Å²) in [6.07, 6.45) is 0.537. The molecular weight excluding hydrogens is 328 g/mol. The van der Waals surface area contributed by atoms with Crippen molar-refractivity contribution in [3.05, 3.63) is 35.4 Å². The van der Waals surface area contributed by atoms with Crippen molar-refractivity contribution in [2.75, 3.05) is 13.2 Å². The van der Waals surface area contributed by atoms with E-state index in [1.807, 2.05) is 52.0 Å². The lowest BCUT2D eigenvalue weighted by Crippen LogP contribution is -2.46. The van der Waals surface area contributed by atoms with Gasteiger partial charge in [-0.25, -0.2) is 4.99 Å². The van der Waals surface area contributed by atoms with E-state index in [4.69, 9.17) is 15.2 Å². The summed E-state index contributed by atoms with van der Waals surface area (Å²) in [5.74, 6) is -1.46. The molecule has 26 heavy (non-hydrogen) atoms. The van der Waals surface area contributed by atoms with Gasteiger partial charge in [0.1, 0.15) is 5.84 Å². The van der Waals surface area contributed by atoms with E-state index >= 15 is 0 Å². The third kappa shape index (κ3) is 1.60. The maximum absolute atomic E-state index is 10.4. The number of amidine groups is 1. The van der Waals surface area contributed by atoms with E-state index in [9.17, 15) is 10.5 Å². The summed E-state index contributed by atoms with van der Waals surface area (Å²) < 4.78 is 11.8. The van der Waals surface area contributed by atoms with Gasteiger partial charge in [0.2, 0.25) is 0 Å². The summed E-state index contributed by atoms with van der Waals surface area (Å²) in [5.41, 5.74) is 4.84. The second kappa shape index (κ2) is 5.81. The minimum Gasteiger partial charge on any atom is -0.386 e. The fourth-order valence-corrected chi connectivity index (χ4v) is 5.08. The zero-order valence-corrected chi connectivity index (χ0v) is 15.7. The van der Waals surface area contributed by atoms with Crippen LogP contribution in [0.25, 0.3) is 0 Å². The van der Waals surface area contributed by atoms with Gasteiger partial charge in [0.05, 0.1) is 17.6 Å². The molecule has 1 fully saturated rings. The minimum atomic E-state index is -1.58. The highest BCUT2D eigenvalue weighted by Crippen LogP contribution is 2.86. The van der Waals surface area contributed by atoms with E-state index in [0.717, 1.165) is 11.1 Å². The molecule has 3 rings (SSSR count). The molecule has 136 valence electrons. The topological polar surface area (TPSA) is 104 Å². The van der Waals surface area contributed by atoms with Gasteiger partial charge in [-0.2, -0.15) is 10.5 Å². The number of benzene rings is 1. The highest BCUT2D eigenvalue weighted by Gasteiger charge is 3.00. The van der Waals surface area contributed by atoms with Gasteiger partial charge >= 0.3 is 0 Å². The Morgan fingerprint density at radius 2 is 1.62 bits per heavy atom. The maximum Gasteiger partial charge on any atom is 0.293 e. The lowest BCUT2D eigenvalue weighted by atomic mass is 9.80. The zero-order valence-electron chi connectivity index (χ0n) is 15.7. The molecule has 1 heterocycles. The Labute approximate surface area is 154 Å². The van der Waals surface area contributed by atoms with Crippen LogP contribution in [0, 0.1) is 40.4 Å². The largest absolute Gasteiger partial charge is 0.386 e. The Hall–Kier alpha value is -2.41. The first-order valence-corrected chi connectivity index (χ1v) is 8.96. The summed E-state index contributed by atoms with van der Waals surface area (Å²) in [5, 5.41) is 20.6. The number of rotatable bonds is 6. The molecule has 6 nitrogen and oxygen atoms in total. The molecule has 3 atom stereocenters. The highest BCUT2D eigenvalue weighted by molar-refractivity contribution is 6.02. The van der Waals surface area contributed by atoms with E-state index < -0.39 is 22.2 Å². The Balaban J connectivity index is 2.35. The smallest absolute Gasteiger partial charge is 0.293 e. The van der Waals surface area contributed by atoms with E-state index in [-0.39, 0.29) is 19.0 Å². The molecule has 6 heteroatoms. The molecule has 1 aliphatic carbocycles. The SMILES string of the molecule is CCOC1(OCC)N=C(N)[C@@]2(C#N)[C@](CC)(c3ccc(C)cc3)[C@@]12C#N. The third-order valence-corrected chi connectivity index (χ3v) is 6.00. The Morgan fingerprint density at radius 1 is 1.04 bits per heavy atom. The average Bonchev–Trinajstić information content (AvgIpc) is 3.13. The van der Waals surface area contributed by atoms with Crippen LogP contribution in [0.3, 0.4) is 0 Å². The molecule has 1 saturated carbocycles. The first-order chi connectivity index (χ1) is 12.4. The van der Waals surface area contributed by atoms with Crippen molar-refractivity contribution >= 4 is 5.84 Å². The summed E-state index contributed by atoms with van der Waals surface area (Å²) in [6.45, 7) is 8.16. The molecule has 0 aromatic heterocycles. The van der Waals surface area contributed by atoms with Crippen molar-refractivity contribution in [1.29, 1.82) is 10.5 Å². The van der Waals surface area contributed by atoms with E-state index in [0.29, 0.717) is 6.42 Å². The number of nitriles is 2. The lowest BCUT2D eigenvalue weighted by Gasteiger charge is -2.35. The van der Waals surface area contributed by atoms with Gasteiger partial charge in [-0.3, -0.25) is 0 Å². The molecule has 2 aliphatic rings. The monoisotopic (exact) mass is 352 g/mol. The van der Waals surface area contributed by atoms with Crippen molar-refractivity contribution in [3.8, 4) is 12.1 Å². The number of ether oxygens (including phenoxy) is 2. The standard InChI is InChI=1S/C20H24N4O2/c1-5-17(15-10-8-14(4)9-11-15)18(12-21)16(23)24-20(25-6-2,26-7-3)19(17,18)13-22/h8-11H,5-7H2,1-4H3,(H2,23,24)/t17-,18-,19+/m0/s1. The molecule has 0 saturated heterocycles. The molecule has 1 aromatic carbocycles. The summed E-state index contributed by atoms with van der Waals surface area (Å²) in [4.78, 5) is 4.41. The normalized spacial score (nSPS) is 33.7. The fraction of sp³-hybridized carbons (Fsp3) is 0.550. The molecule has 0 spiro atoms. The first-order valence-electron chi connectivity index (χ1n) is 8.96. The van der Waals surface area contributed by atoms with Crippen LogP contribution in [0.2, 0.25) is 0 Å². The van der Waals surface area contributed by atoms with E-state index in [1.165, 1.54) is 0 Å². The zero-order chi connectivity index (χ0) is 19.2. The van der Waals surface area contributed by atoms with Gasteiger partial charge in [0, 0.05) is 13.2 Å². The second-order valence-corrected chi connectivity index (χ2v) is 6.79. The van der Waals surface area contributed by atoms with Gasteiger partial charge in [-0.15, -0.1) is 0 Å². The molecule has 0 radical (unpaired) electrons. The first kappa shape index (κ1) is 18.4. The van der Waals surface area contributed by atoms with E-state index in [1.54, 1.807) is 0 Å². The maximum atomic E-state index is 10.4. The summed E-state index contributed by atoms with van der Waals surface area (Å²) in [6, 6.07) is 12.6. The second-order valence-electron chi connectivity index (χ2n) is 6.79. The number of fused-ring (bicyclic) bond motifs is 1. The Kier molecular flexibility index (Phi) is 4.10. The van der Waals surface area contributed by atoms with Crippen molar-refractivity contribution in [1.82, 2.24) is 0 Å². The van der Waals surface area contributed by atoms with Crippen LogP contribution in [0.15, 0.2) is 29.3 Å². The predicted molar refractivity (Wildman–Crippen MR) is 96.8 cm³/mol. The highest BCUT2D eigenvalue weighted by atomic mass is 16.7. The summed E-state index contributed by atoms with van der Waals surface area (Å²) >= 11 is 0. The van der Waals surface area contributed by atoms with Crippen molar-refractivity contribution in [3.63, 3.8) is 0 Å². The van der Waals surface area contributed by atoms with Crippen molar-refractivity contribution in [2.24, 2.45) is 21.6 Å². The molecule has 1 aliphatic heterocycles. The molecule has 0 unspecified atom stereocenters. The van der Waals surface area contributed by atoms with Crippen LogP contribution in [0.1, 0.15) is 38.3 Å².